The molecule has 0 bridgehead atoms. The van der Waals surface area contributed by atoms with Gasteiger partial charge in [-0.2, -0.15) is 0 Å². The van der Waals surface area contributed by atoms with E-state index < -0.39 is 0 Å². The lowest BCUT2D eigenvalue weighted by atomic mass is 10.0. The number of benzene rings is 4. The SMILES string of the molecule is c1ccc2c(c1)Cc1ccccc1-2.c1ccc2c(c1)Cc1ccccc1O2. The summed E-state index contributed by atoms with van der Waals surface area (Å²) in [4.78, 5) is 0. The first kappa shape index (κ1) is 15.9. The minimum atomic E-state index is 0.979. The Labute approximate surface area is 159 Å². The van der Waals surface area contributed by atoms with Crippen LogP contribution in [0.15, 0.2) is 97.1 Å². The molecule has 0 saturated carbocycles. The van der Waals surface area contributed by atoms with E-state index in [0.717, 1.165) is 24.3 Å². The van der Waals surface area contributed by atoms with Crippen molar-refractivity contribution in [3.8, 4) is 22.6 Å². The molecule has 1 heteroatoms. The second kappa shape index (κ2) is 6.77. The highest BCUT2D eigenvalue weighted by Crippen LogP contribution is 2.36. The molecule has 4 aromatic carbocycles. The third kappa shape index (κ3) is 3.02. The third-order valence-corrected chi connectivity index (χ3v) is 5.25. The van der Waals surface area contributed by atoms with Crippen molar-refractivity contribution >= 4 is 0 Å². The fraction of sp³-hybridized carbons (Fsp3) is 0.0769. The standard InChI is InChI=1S/C13H10O.C13H10/c1-3-7-12-10(5-1)9-11-6-2-4-8-13(11)14-12;1-3-7-12-10(5-1)9-11-6-2-4-8-13(11)12/h1-8H,9H2;1-8H,9H2. The molecule has 27 heavy (non-hydrogen) atoms. The van der Waals surface area contributed by atoms with Crippen LogP contribution in [0.1, 0.15) is 22.3 Å². The van der Waals surface area contributed by atoms with Gasteiger partial charge in [0.05, 0.1) is 0 Å². The molecule has 0 saturated heterocycles. The van der Waals surface area contributed by atoms with E-state index in [-0.39, 0.29) is 0 Å². The van der Waals surface area contributed by atoms with Gasteiger partial charge in [-0.15, -0.1) is 0 Å². The lowest BCUT2D eigenvalue weighted by Crippen LogP contribution is -2.01. The average molecular weight is 348 g/mol. The fourth-order valence-corrected chi connectivity index (χ4v) is 3.90. The molecule has 0 fully saturated rings. The van der Waals surface area contributed by atoms with Gasteiger partial charge in [0.2, 0.25) is 0 Å². The second-order valence-electron chi connectivity index (χ2n) is 6.99. The monoisotopic (exact) mass is 348 g/mol. The van der Waals surface area contributed by atoms with Crippen LogP contribution < -0.4 is 4.74 Å². The van der Waals surface area contributed by atoms with Crippen LogP contribution in [0.3, 0.4) is 0 Å². The minimum absolute atomic E-state index is 0.979. The second-order valence-corrected chi connectivity index (χ2v) is 6.99. The first-order chi connectivity index (χ1) is 13.4. The summed E-state index contributed by atoms with van der Waals surface area (Å²) >= 11 is 0. The van der Waals surface area contributed by atoms with Crippen molar-refractivity contribution in [2.45, 2.75) is 12.8 Å². The van der Waals surface area contributed by atoms with Gasteiger partial charge in [0.15, 0.2) is 0 Å². The number of hydrogen-bond acceptors (Lipinski definition) is 1. The Bertz CT molecular complexity index is 979. The number of para-hydroxylation sites is 2. The normalized spacial score (nSPS) is 12.4. The van der Waals surface area contributed by atoms with E-state index >= 15 is 0 Å². The van der Waals surface area contributed by atoms with Crippen LogP contribution in [-0.2, 0) is 12.8 Å². The maximum atomic E-state index is 5.78. The molecule has 0 atom stereocenters. The van der Waals surface area contributed by atoms with Crippen molar-refractivity contribution in [3.05, 3.63) is 119 Å². The highest BCUT2D eigenvalue weighted by atomic mass is 16.5. The molecule has 1 aliphatic carbocycles. The van der Waals surface area contributed by atoms with E-state index in [9.17, 15) is 0 Å². The van der Waals surface area contributed by atoms with Crippen LogP contribution in [0, 0.1) is 0 Å². The molecule has 1 heterocycles. The highest BCUT2D eigenvalue weighted by molar-refractivity contribution is 5.76. The Balaban J connectivity index is 0.000000119. The van der Waals surface area contributed by atoms with E-state index in [1.165, 1.54) is 33.4 Å². The van der Waals surface area contributed by atoms with Crippen molar-refractivity contribution in [2.75, 3.05) is 0 Å². The van der Waals surface area contributed by atoms with Crippen molar-refractivity contribution in [1.29, 1.82) is 0 Å². The predicted octanol–water partition coefficient (Wildman–Crippen LogP) is 6.64. The molecule has 130 valence electrons. The molecule has 0 spiro atoms. The van der Waals surface area contributed by atoms with Gasteiger partial charge in [-0.25, -0.2) is 0 Å². The molecule has 1 nitrogen and oxygen atoms in total. The summed E-state index contributed by atoms with van der Waals surface area (Å²) in [7, 11) is 0. The van der Waals surface area contributed by atoms with Gasteiger partial charge in [-0.1, -0.05) is 84.9 Å². The van der Waals surface area contributed by atoms with E-state index in [1.54, 1.807) is 0 Å². The summed E-state index contributed by atoms with van der Waals surface area (Å²) in [6.07, 6.45) is 2.08. The molecule has 0 unspecified atom stereocenters. The maximum absolute atomic E-state index is 5.78. The molecular formula is C26H20O. The molecular weight excluding hydrogens is 328 g/mol. The van der Waals surface area contributed by atoms with Gasteiger partial charge in [0.25, 0.3) is 0 Å². The fourth-order valence-electron chi connectivity index (χ4n) is 3.90. The first-order valence-corrected chi connectivity index (χ1v) is 9.38. The van der Waals surface area contributed by atoms with Crippen molar-refractivity contribution in [1.82, 2.24) is 0 Å². The molecule has 6 rings (SSSR count). The van der Waals surface area contributed by atoms with Crippen LogP contribution in [0.25, 0.3) is 11.1 Å². The lowest BCUT2D eigenvalue weighted by molar-refractivity contribution is 0.460. The topological polar surface area (TPSA) is 9.23 Å². The van der Waals surface area contributed by atoms with Crippen molar-refractivity contribution in [3.63, 3.8) is 0 Å². The lowest BCUT2D eigenvalue weighted by Gasteiger charge is -2.19. The molecule has 0 aromatic heterocycles. The van der Waals surface area contributed by atoms with Gasteiger partial charge in [-0.3, -0.25) is 0 Å². The van der Waals surface area contributed by atoms with Crippen LogP contribution >= 0.6 is 0 Å². The van der Waals surface area contributed by atoms with Gasteiger partial charge in [-0.05, 0) is 51.9 Å². The Morgan fingerprint density at radius 3 is 1.30 bits per heavy atom. The molecule has 2 aliphatic rings. The molecule has 0 radical (unpaired) electrons. The summed E-state index contributed by atoms with van der Waals surface area (Å²) in [5.41, 5.74) is 8.29. The zero-order chi connectivity index (χ0) is 18.1. The van der Waals surface area contributed by atoms with Crippen LogP contribution in [0.5, 0.6) is 11.5 Å². The Morgan fingerprint density at radius 1 is 0.407 bits per heavy atom. The van der Waals surface area contributed by atoms with E-state index in [0.29, 0.717) is 0 Å². The summed E-state index contributed by atoms with van der Waals surface area (Å²) in [5.74, 6) is 1.98. The van der Waals surface area contributed by atoms with Crippen LogP contribution in [0.2, 0.25) is 0 Å². The number of hydrogen-bond donors (Lipinski definition) is 0. The summed E-state index contributed by atoms with van der Waals surface area (Å²) in [6, 6.07) is 33.7. The molecule has 1 aliphatic heterocycles. The summed E-state index contributed by atoms with van der Waals surface area (Å²) in [5, 5.41) is 0. The van der Waals surface area contributed by atoms with Crippen molar-refractivity contribution in [2.24, 2.45) is 0 Å². The zero-order valence-electron chi connectivity index (χ0n) is 15.1. The third-order valence-electron chi connectivity index (χ3n) is 5.25. The maximum Gasteiger partial charge on any atom is 0.130 e. The molecule has 4 aromatic rings. The molecule has 0 N–H and O–H groups in total. The number of fused-ring (bicyclic) bond motifs is 5. The largest absolute Gasteiger partial charge is 0.457 e. The minimum Gasteiger partial charge on any atom is -0.457 e. The average Bonchev–Trinajstić information content (AvgIpc) is 3.11. The molecule has 0 amide bonds. The Morgan fingerprint density at radius 2 is 0.778 bits per heavy atom. The predicted molar refractivity (Wildman–Crippen MR) is 110 cm³/mol. The zero-order valence-corrected chi connectivity index (χ0v) is 15.1. The van der Waals surface area contributed by atoms with Gasteiger partial charge in [0, 0.05) is 6.42 Å². The smallest absolute Gasteiger partial charge is 0.130 e. The van der Waals surface area contributed by atoms with Gasteiger partial charge in [0.1, 0.15) is 11.5 Å². The van der Waals surface area contributed by atoms with E-state index in [4.69, 9.17) is 4.74 Å². The van der Waals surface area contributed by atoms with Crippen LogP contribution in [0.4, 0.5) is 0 Å². The highest BCUT2D eigenvalue weighted by Gasteiger charge is 2.16. The van der Waals surface area contributed by atoms with Crippen molar-refractivity contribution < 1.29 is 4.74 Å². The quantitative estimate of drug-likeness (QED) is 0.299. The van der Waals surface area contributed by atoms with E-state index in [2.05, 4.69) is 72.8 Å². The summed E-state index contributed by atoms with van der Waals surface area (Å²) < 4.78 is 5.78. The summed E-state index contributed by atoms with van der Waals surface area (Å²) in [6.45, 7) is 0. The van der Waals surface area contributed by atoms with Crippen LogP contribution in [-0.4, -0.2) is 0 Å². The van der Waals surface area contributed by atoms with Gasteiger partial charge >= 0.3 is 0 Å². The first-order valence-electron chi connectivity index (χ1n) is 9.38. The Kier molecular flexibility index (Phi) is 3.99. The number of ether oxygens (including phenoxy) is 1. The Hall–Kier alpha value is -3.32. The van der Waals surface area contributed by atoms with E-state index in [1.807, 2.05) is 24.3 Å². The van der Waals surface area contributed by atoms with Gasteiger partial charge < -0.3 is 4.74 Å². The number of rotatable bonds is 0.